The number of carbonyl (C=O) groups is 2. The van der Waals surface area contributed by atoms with Crippen LogP contribution >= 0.6 is 11.3 Å². The number of nitrogens with one attached hydrogen (secondary N) is 2. The molecule has 0 bridgehead atoms. The smallest absolute Gasteiger partial charge is 0.252 e. The first kappa shape index (κ1) is 18.6. The first-order valence-electron chi connectivity index (χ1n) is 9.08. The van der Waals surface area contributed by atoms with Crippen LogP contribution < -0.4 is 10.6 Å². The molecule has 1 aromatic carbocycles. The minimum atomic E-state index is -0.119. The second kappa shape index (κ2) is 8.96. The zero-order chi connectivity index (χ0) is 18.4. The average molecular weight is 372 g/mol. The number of carbonyl (C=O) groups excluding carboxylic acids is 2. The Labute approximate surface area is 158 Å². The summed E-state index contributed by atoms with van der Waals surface area (Å²) in [5, 5.41) is 9.89. The van der Waals surface area contributed by atoms with Crippen molar-refractivity contribution in [3.8, 4) is 0 Å². The Kier molecular flexibility index (Phi) is 6.41. The molecule has 1 aromatic heterocycles. The normalized spacial score (nSPS) is 17.1. The van der Waals surface area contributed by atoms with Crippen LogP contribution in [0, 0.1) is 0 Å². The summed E-state index contributed by atoms with van der Waals surface area (Å²) < 4.78 is 0. The fraction of sp³-hybridized carbons (Fsp3) is 0.400. The molecule has 2 N–H and O–H groups in total. The Morgan fingerprint density at radius 1 is 1.27 bits per heavy atom. The molecule has 26 heavy (non-hydrogen) atoms. The standard InChI is InChI=1S/C20H25N3O2S/c1-2-15-3-5-16(6-4-15)18-13-21-10-11-23(18)19(24)7-9-22-20(25)17-8-12-26-14-17/h3-6,8,12,14,18,21H,2,7,9-11,13H2,1H3,(H,22,25). The molecule has 2 heterocycles. The molecule has 3 rings (SSSR count). The lowest BCUT2D eigenvalue weighted by Gasteiger charge is -2.36. The predicted octanol–water partition coefficient (Wildman–Crippen LogP) is 2.60. The number of amides is 2. The highest BCUT2D eigenvalue weighted by Crippen LogP contribution is 2.23. The van der Waals surface area contributed by atoms with Crippen LogP contribution in [0.3, 0.4) is 0 Å². The van der Waals surface area contributed by atoms with Crippen molar-refractivity contribution in [1.29, 1.82) is 0 Å². The van der Waals surface area contributed by atoms with Crippen molar-refractivity contribution in [2.24, 2.45) is 0 Å². The van der Waals surface area contributed by atoms with Crippen LogP contribution in [-0.2, 0) is 11.2 Å². The highest BCUT2D eigenvalue weighted by atomic mass is 32.1. The number of hydrogen-bond donors (Lipinski definition) is 2. The minimum absolute atomic E-state index is 0.0507. The number of piperazine rings is 1. The molecule has 2 aromatic rings. The second-order valence-electron chi connectivity index (χ2n) is 6.42. The van der Waals surface area contributed by atoms with E-state index in [0.29, 0.717) is 25.1 Å². The van der Waals surface area contributed by atoms with Gasteiger partial charge in [-0.15, -0.1) is 0 Å². The molecule has 2 amide bonds. The summed E-state index contributed by atoms with van der Waals surface area (Å²) in [4.78, 5) is 26.6. The van der Waals surface area contributed by atoms with Crippen molar-refractivity contribution in [2.45, 2.75) is 25.8 Å². The molecule has 1 unspecified atom stereocenters. The van der Waals surface area contributed by atoms with Gasteiger partial charge < -0.3 is 15.5 Å². The van der Waals surface area contributed by atoms with E-state index in [1.165, 1.54) is 16.9 Å². The van der Waals surface area contributed by atoms with E-state index in [1.54, 1.807) is 6.07 Å². The van der Waals surface area contributed by atoms with Crippen LogP contribution in [0.25, 0.3) is 0 Å². The molecule has 1 fully saturated rings. The number of nitrogens with zero attached hydrogens (tertiary/aromatic N) is 1. The van der Waals surface area contributed by atoms with Gasteiger partial charge in [0.05, 0.1) is 6.04 Å². The summed E-state index contributed by atoms with van der Waals surface area (Å²) in [6.07, 6.45) is 1.33. The SMILES string of the molecule is CCc1ccc(C2CNCCN2C(=O)CCNC(=O)c2ccsc2)cc1. The van der Waals surface area contributed by atoms with Gasteiger partial charge in [-0.25, -0.2) is 0 Å². The Bertz CT molecular complexity index is 728. The summed E-state index contributed by atoms with van der Waals surface area (Å²) in [6.45, 7) is 4.75. The molecule has 5 nitrogen and oxygen atoms in total. The maximum absolute atomic E-state index is 12.7. The van der Waals surface area contributed by atoms with Crippen LogP contribution in [-0.4, -0.2) is 42.9 Å². The number of aryl methyl sites for hydroxylation is 1. The van der Waals surface area contributed by atoms with E-state index < -0.39 is 0 Å². The van der Waals surface area contributed by atoms with Gasteiger partial charge in [0.2, 0.25) is 5.91 Å². The molecule has 1 atom stereocenters. The number of hydrogen-bond acceptors (Lipinski definition) is 4. The third kappa shape index (κ3) is 4.51. The van der Waals surface area contributed by atoms with Crippen LogP contribution in [0.15, 0.2) is 41.1 Å². The number of rotatable bonds is 6. The van der Waals surface area contributed by atoms with E-state index in [1.807, 2.05) is 15.7 Å². The van der Waals surface area contributed by atoms with E-state index in [9.17, 15) is 9.59 Å². The lowest BCUT2D eigenvalue weighted by molar-refractivity contribution is -0.134. The van der Waals surface area contributed by atoms with Crippen molar-refractivity contribution >= 4 is 23.2 Å². The van der Waals surface area contributed by atoms with E-state index in [4.69, 9.17) is 0 Å². The molecule has 0 radical (unpaired) electrons. The van der Waals surface area contributed by atoms with Crippen LogP contribution in [0.2, 0.25) is 0 Å². The van der Waals surface area contributed by atoms with E-state index >= 15 is 0 Å². The van der Waals surface area contributed by atoms with E-state index in [-0.39, 0.29) is 17.9 Å². The van der Waals surface area contributed by atoms with Crippen LogP contribution in [0.1, 0.15) is 40.9 Å². The van der Waals surface area contributed by atoms with Gasteiger partial charge >= 0.3 is 0 Å². The molecule has 6 heteroatoms. The third-order valence-electron chi connectivity index (χ3n) is 4.74. The quantitative estimate of drug-likeness (QED) is 0.821. The second-order valence-corrected chi connectivity index (χ2v) is 7.20. The van der Waals surface area contributed by atoms with Crippen LogP contribution in [0.5, 0.6) is 0 Å². The molecular formula is C20H25N3O2S. The van der Waals surface area contributed by atoms with Gasteiger partial charge in [-0.2, -0.15) is 11.3 Å². The summed E-state index contributed by atoms with van der Waals surface area (Å²) in [5.74, 6) is -0.0345. The van der Waals surface area contributed by atoms with Crippen LogP contribution in [0.4, 0.5) is 0 Å². The number of thiophene rings is 1. The number of benzene rings is 1. The fourth-order valence-corrected chi connectivity index (χ4v) is 3.83. The molecule has 1 aliphatic rings. The summed E-state index contributed by atoms with van der Waals surface area (Å²) in [7, 11) is 0. The van der Waals surface area contributed by atoms with Gasteiger partial charge in [0.15, 0.2) is 0 Å². The highest BCUT2D eigenvalue weighted by molar-refractivity contribution is 7.08. The lowest BCUT2D eigenvalue weighted by atomic mass is 10.0. The molecule has 0 spiro atoms. The first-order chi connectivity index (χ1) is 12.7. The Morgan fingerprint density at radius 2 is 2.08 bits per heavy atom. The van der Waals surface area contributed by atoms with Gasteiger partial charge in [-0.1, -0.05) is 31.2 Å². The predicted molar refractivity (Wildman–Crippen MR) is 104 cm³/mol. The average Bonchev–Trinajstić information content (AvgIpc) is 3.23. The zero-order valence-corrected chi connectivity index (χ0v) is 15.8. The molecule has 1 saturated heterocycles. The zero-order valence-electron chi connectivity index (χ0n) is 15.0. The first-order valence-corrected chi connectivity index (χ1v) is 10.0. The summed E-state index contributed by atoms with van der Waals surface area (Å²) in [6, 6.07) is 10.3. The molecular weight excluding hydrogens is 346 g/mol. The van der Waals surface area contributed by atoms with Crippen molar-refractivity contribution in [1.82, 2.24) is 15.5 Å². The van der Waals surface area contributed by atoms with E-state index in [2.05, 4.69) is 41.8 Å². The van der Waals surface area contributed by atoms with E-state index in [0.717, 1.165) is 25.1 Å². The van der Waals surface area contributed by atoms with Crippen molar-refractivity contribution in [2.75, 3.05) is 26.2 Å². The van der Waals surface area contributed by atoms with Crippen molar-refractivity contribution in [3.63, 3.8) is 0 Å². The topological polar surface area (TPSA) is 61.4 Å². The monoisotopic (exact) mass is 371 g/mol. The highest BCUT2D eigenvalue weighted by Gasteiger charge is 2.27. The Morgan fingerprint density at radius 3 is 2.77 bits per heavy atom. The maximum atomic E-state index is 12.7. The molecule has 0 aliphatic carbocycles. The van der Waals surface area contributed by atoms with Gasteiger partial charge in [0, 0.05) is 43.5 Å². The Balaban J connectivity index is 1.57. The Hall–Kier alpha value is -2.18. The summed E-state index contributed by atoms with van der Waals surface area (Å²) in [5.41, 5.74) is 3.11. The minimum Gasteiger partial charge on any atom is -0.351 e. The van der Waals surface area contributed by atoms with Gasteiger partial charge in [0.1, 0.15) is 0 Å². The third-order valence-corrected chi connectivity index (χ3v) is 5.43. The van der Waals surface area contributed by atoms with Gasteiger partial charge in [-0.05, 0) is 29.0 Å². The maximum Gasteiger partial charge on any atom is 0.252 e. The fourth-order valence-electron chi connectivity index (χ4n) is 3.20. The lowest BCUT2D eigenvalue weighted by Crippen LogP contribution is -2.49. The van der Waals surface area contributed by atoms with Crippen molar-refractivity contribution in [3.05, 3.63) is 57.8 Å². The van der Waals surface area contributed by atoms with Gasteiger partial charge in [-0.3, -0.25) is 9.59 Å². The van der Waals surface area contributed by atoms with Crippen molar-refractivity contribution < 1.29 is 9.59 Å². The largest absolute Gasteiger partial charge is 0.351 e. The molecule has 1 aliphatic heterocycles. The summed E-state index contributed by atoms with van der Waals surface area (Å²) >= 11 is 1.49. The molecule has 0 saturated carbocycles. The van der Waals surface area contributed by atoms with Gasteiger partial charge in [0.25, 0.3) is 5.91 Å². The molecule has 138 valence electrons.